The third-order valence-corrected chi connectivity index (χ3v) is 1.78. The van der Waals surface area contributed by atoms with Crippen molar-refractivity contribution in [1.29, 1.82) is 0 Å². The van der Waals surface area contributed by atoms with Gasteiger partial charge in [-0.3, -0.25) is 4.79 Å². The van der Waals surface area contributed by atoms with E-state index in [4.69, 9.17) is 14.7 Å². The lowest BCUT2D eigenvalue weighted by atomic mass is 10.5. The Balaban J connectivity index is 0. The number of likely N-dealkylation sites (N-methyl/N-ethyl adjacent to an activating group) is 1. The van der Waals surface area contributed by atoms with Gasteiger partial charge in [-0.05, 0) is 13.8 Å². The van der Waals surface area contributed by atoms with Gasteiger partial charge >= 0.3 is 18.2 Å². The number of aliphatic carboxylic acids is 1. The molecule has 1 N–H and O–H groups in total. The molecule has 0 rings (SSSR count). The van der Waals surface area contributed by atoms with Gasteiger partial charge in [-0.25, -0.2) is 4.79 Å². The van der Waals surface area contributed by atoms with Gasteiger partial charge in [0.1, 0.15) is 6.54 Å². The molecule has 0 heterocycles. The molecule has 0 saturated carbocycles. The van der Waals surface area contributed by atoms with Crippen LogP contribution in [0.1, 0.15) is 13.8 Å². The molecule has 0 aliphatic carbocycles. The Morgan fingerprint density at radius 3 is 1.88 bits per heavy atom. The number of carbonyl (C=O) groups excluding carboxylic acids is 3. The largest absolute Gasteiger partial charge is 0.480 e. The Hall–Kier alpha value is -1.88. The maximum atomic E-state index is 11.4. The zero-order chi connectivity index (χ0) is 13.1. The van der Waals surface area contributed by atoms with Crippen molar-refractivity contribution in [1.82, 2.24) is 9.80 Å². The molecule has 0 bridgehead atoms. The minimum absolute atomic E-state index is 0.236. The van der Waals surface area contributed by atoms with Gasteiger partial charge in [0.2, 0.25) is 0 Å². The van der Waals surface area contributed by atoms with Crippen molar-refractivity contribution in [2.24, 2.45) is 0 Å². The lowest BCUT2D eigenvalue weighted by Crippen LogP contribution is -2.43. The summed E-state index contributed by atoms with van der Waals surface area (Å²) in [5.41, 5.74) is 0. The Morgan fingerprint density at radius 1 is 1.19 bits per heavy atom. The molecule has 0 aromatic carbocycles. The number of amides is 2. The van der Waals surface area contributed by atoms with Crippen LogP contribution in [0.15, 0.2) is 0 Å². The molecule has 7 nitrogen and oxygen atoms in total. The number of carboxylic acid groups (broad SMARTS) is 1. The Kier molecular flexibility index (Phi) is 10.00. The molecule has 0 saturated heterocycles. The van der Waals surface area contributed by atoms with Gasteiger partial charge in [0.05, 0.1) is 0 Å². The van der Waals surface area contributed by atoms with Gasteiger partial charge in [-0.2, -0.15) is 9.59 Å². The fraction of sp³-hybridized carbons (Fsp3) is 0.667. The molecular weight excluding hydrogens is 216 g/mol. The number of hydrogen-bond donors (Lipinski definition) is 1. The summed E-state index contributed by atoms with van der Waals surface area (Å²) in [5.74, 6) is -0.986. The van der Waals surface area contributed by atoms with Crippen molar-refractivity contribution in [2.75, 3.05) is 26.7 Å². The van der Waals surface area contributed by atoms with Crippen LogP contribution >= 0.6 is 0 Å². The van der Waals surface area contributed by atoms with Crippen LogP contribution in [0.4, 0.5) is 4.79 Å². The van der Waals surface area contributed by atoms with Crippen LogP contribution in [-0.4, -0.2) is 59.7 Å². The highest BCUT2D eigenvalue weighted by atomic mass is 16.4. The molecule has 0 unspecified atom stereocenters. The van der Waals surface area contributed by atoms with E-state index < -0.39 is 5.97 Å². The van der Waals surface area contributed by atoms with Crippen LogP contribution in [0.5, 0.6) is 0 Å². The summed E-state index contributed by atoms with van der Waals surface area (Å²) in [6.07, 6.45) is 0.250. The fourth-order valence-corrected chi connectivity index (χ4v) is 0.855. The highest BCUT2D eigenvalue weighted by Crippen LogP contribution is 1.95. The molecule has 0 aromatic rings. The third-order valence-electron chi connectivity index (χ3n) is 1.78. The van der Waals surface area contributed by atoms with E-state index in [0.29, 0.717) is 13.1 Å². The van der Waals surface area contributed by atoms with Crippen LogP contribution < -0.4 is 0 Å². The third kappa shape index (κ3) is 7.52. The molecule has 0 aromatic heterocycles. The summed E-state index contributed by atoms with van der Waals surface area (Å²) in [7, 11) is 1.65. The lowest BCUT2D eigenvalue weighted by Gasteiger charge is -2.24. The highest BCUT2D eigenvalue weighted by molar-refractivity contribution is 5.79. The predicted molar refractivity (Wildman–Crippen MR) is 53.6 cm³/mol. The quantitative estimate of drug-likeness (QED) is 0.729. The standard InChI is InChI=1S/C8H16N2O3.CO2/c1-4-9(3)8(13)10(5-2)6-7(11)12;2-1-3/h4-6H2,1-3H3,(H,11,12);. The average molecular weight is 232 g/mol. The Morgan fingerprint density at radius 2 is 1.62 bits per heavy atom. The molecule has 16 heavy (non-hydrogen) atoms. The van der Waals surface area contributed by atoms with Crippen LogP contribution in [0, 0.1) is 0 Å². The summed E-state index contributed by atoms with van der Waals surface area (Å²) < 4.78 is 0. The van der Waals surface area contributed by atoms with Crippen molar-refractivity contribution >= 4 is 18.2 Å². The number of carboxylic acids is 1. The Bertz CT molecular complexity index is 261. The maximum Gasteiger partial charge on any atom is 0.373 e. The first-order valence-electron chi connectivity index (χ1n) is 4.65. The van der Waals surface area contributed by atoms with E-state index >= 15 is 0 Å². The van der Waals surface area contributed by atoms with Gasteiger partial charge in [0.25, 0.3) is 0 Å². The second-order valence-electron chi connectivity index (χ2n) is 2.79. The van der Waals surface area contributed by atoms with Crippen molar-refractivity contribution in [3.8, 4) is 0 Å². The van der Waals surface area contributed by atoms with E-state index in [-0.39, 0.29) is 18.7 Å². The monoisotopic (exact) mass is 232 g/mol. The van der Waals surface area contributed by atoms with Crippen LogP contribution in [0.2, 0.25) is 0 Å². The van der Waals surface area contributed by atoms with Crippen molar-refractivity contribution in [3.05, 3.63) is 0 Å². The molecule has 0 fully saturated rings. The minimum atomic E-state index is -0.986. The summed E-state index contributed by atoms with van der Waals surface area (Å²) >= 11 is 0. The second kappa shape index (κ2) is 9.67. The number of carbonyl (C=O) groups is 2. The van der Waals surface area contributed by atoms with Crippen molar-refractivity contribution in [3.63, 3.8) is 0 Å². The van der Waals surface area contributed by atoms with E-state index in [1.165, 1.54) is 9.80 Å². The summed E-state index contributed by atoms with van der Waals surface area (Å²) in [6, 6.07) is -0.243. The molecule has 0 spiro atoms. The van der Waals surface area contributed by atoms with Gasteiger partial charge in [-0.15, -0.1) is 0 Å². The number of rotatable bonds is 4. The molecule has 0 atom stereocenters. The van der Waals surface area contributed by atoms with E-state index in [2.05, 4.69) is 0 Å². The second-order valence-corrected chi connectivity index (χ2v) is 2.79. The fourth-order valence-electron chi connectivity index (χ4n) is 0.855. The van der Waals surface area contributed by atoms with Crippen LogP contribution in [-0.2, 0) is 14.4 Å². The lowest BCUT2D eigenvalue weighted by molar-refractivity contribution is -0.191. The molecule has 92 valence electrons. The molecule has 7 heteroatoms. The molecule has 0 aliphatic heterocycles. The zero-order valence-electron chi connectivity index (χ0n) is 9.60. The number of nitrogens with zero attached hydrogens (tertiary/aromatic N) is 2. The van der Waals surface area contributed by atoms with Gasteiger partial charge < -0.3 is 14.9 Å². The molecule has 0 radical (unpaired) electrons. The van der Waals surface area contributed by atoms with E-state index in [1.807, 2.05) is 6.92 Å². The van der Waals surface area contributed by atoms with Gasteiger partial charge in [0, 0.05) is 20.1 Å². The highest BCUT2D eigenvalue weighted by Gasteiger charge is 2.17. The molecule has 0 aliphatic rings. The average Bonchev–Trinajstić information content (AvgIpc) is 2.24. The summed E-state index contributed by atoms with van der Waals surface area (Å²) in [6.45, 7) is 4.35. The van der Waals surface area contributed by atoms with E-state index in [1.54, 1.807) is 14.0 Å². The van der Waals surface area contributed by atoms with E-state index in [9.17, 15) is 9.59 Å². The topological polar surface area (TPSA) is 95.0 Å². The number of urea groups is 1. The normalized spacial score (nSPS) is 8.19. The van der Waals surface area contributed by atoms with E-state index in [0.717, 1.165) is 0 Å². The first kappa shape index (κ1) is 16.5. The first-order chi connectivity index (χ1) is 7.44. The van der Waals surface area contributed by atoms with Gasteiger partial charge in [-0.1, -0.05) is 0 Å². The maximum absolute atomic E-state index is 11.4. The van der Waals surface area contributed by atoms with Crippen molar-refractivity contribution in [2.45, 2.75) is 13.8 Å². The van der Waals surface area contributed by atoms with Crippen LogP contribution in [0.3, 0.4) is 0 Å². The van der Waals surface area contributed by atoms with Crippen LogP contribution in [0.25, 0.3) is 0 Å². The van der Waals surface area contributed by atoms with Crippen molar-refractivity contribution < 1.29 is 24.3 Å². The Labute approximate surface area is 93.6 Å². The zero-order valence-corrected chi connectivity index (χ0v) is 9.60. The SMILES string of the molecule is CCN(C)C(=O)N(CC)CC(=O)O.O=C=O. The number of hydrogen-bond acceptors (Lipinski definition) is 4. The summed E-state index contributed by atoms with van der Waals surface area (Å²) in [4.78, 5) is 40.8. The predicted octanol–water partition coefficient (Wildman–Crippen LogP) is -0.119. The first-order valence-corrected chi connectivity index (χ1v) is 4.65. The van der Waals surface area contributed by atoms with Gasteiger partial charge in [0.15, 0.2) is 0 Å². The smallest absolute Gasteiger partial charge is 0.373 e. The molecular formula is C9H16N2O5. The summed E-state index contributed by atoms with van der Waals surface area (Å²) in [5, 5.41) is 8.51. The minimum Gasteiger partial charge on any atom is -0.480 e. The molecule has 2 amide bonds.